The van der Waals surface area contributed by atoms with E-state index in [9.17, 15) is 4.79 Å². The number of hydrogen-bond donors (Lipinski definition) is 0. The van der Waals surface area contributed by atoms with Crippen LogP contribution in [0.3, 0.4) is 0 Å². The highest BCUT2D eigenvalue weighted by molar-refractivity contribution is 5.93. The number of rotatable bonds is 2. The Morgan fingerprint density at radius 1 is 1.71 bits per heavy atom. The number of carbonyl (C=O) groups is 1. The van der Waals surface area contributed by atoms with Gasteiger partial charge in [0.2, 0.25) is 0 Å². The number of pyridine rings is 1. The second-order valence-corrected chi connectivity index (χ2v) is 2.65. The number of aromatic nitrogens is 1. The quantitative estimate of drug-likeness (QED) is 0.662. The molecule has 1 aromatic rings. The van der Waals surface area contributed by atoms with Crippen molar-refractivity contribution in [1.29, 1.82) is 5.26 Å². The third-order valence-corrected chi connectivity index (χ3v) is 1.74. The lowest BCUT2D eigenvalue weighted by atomic mass is 10.1. The lowest BCUT2D eigenvalue weighted by molar-refractivity contribution is 0.0524. The van der Waals surface area contributed by atoms with E-state index < -0.39 is 5.97 Å². The van der Waals surface area contributed by atoms with E-state index in [4.69, 9.17) is 10.00 Å². The van der Waals surface area contributed by atoms with E-state index in [0.717, 1.165) is 0 Å². The molecule has 1 rings (SSSR count). The molecule has 0 aliphatic rings. The van der Waals surface area contributed by atoms with Crippen LogP contribution in [0.1, 0.15) is 28.5 Å². The number of esters is 1. The summed E-state index contributed by atoms with van der Waals surface area (Å²) in [7, 11) is 0. The first-order valence-electron chi connectivity index (χ1n) is 4.23. The molecule has 72 valence electrons. The predicted octanol–water partition coefficient (Wildman–Crippen LogP) is 1.44. The van der Waals surface area contributed by atoms with Gasteiger partial charge < -0.3 is 4.74 Å². The summed E-state index contributed by atoms with van der Waals surface area (Å²) in [6.07, 6.45) is 1.50. The summed E-state index contributed by atoms with van der Waals surface area (Å²) in [4.78, 5) is 15.4. The van der Waals surface area contributed by atoms with Crippen molar-refractivity contribution in [2.75, 3.05) is 6.61 Å². The summed E-state index contributed by atoms with van der Waals surface area (Å²) in [6.45, 7) is 3.68. The van der Waals surface area contributed by atoms with Crippen LogP contribution >= 0.6 is 0 Å². The largest absolute Gasteiger partial charge is 0.462 e. The second kappa shape index (κ2) is 4.38. The van der Waals surface area contributed by atoms with Gasteiger partial charge in [-0.2, -0.15) is 5.26 Å². The van der Waals surface area contributed by atoms with Gasteiger partial charge in [0.05, 0.1) is 23.4 Å². The van der Waals surface area contributed by atoms with Crippen LogP contribution in [0.2, 0.25) is 0 Å². The van der Waals surface area contributed by atoms with E-state index in [1.165, 1.54) is 12.3 Å². The molecule has 0 aliphatic carbocycles. The third-order valence-electron chi connectivity index (χ3n) is 1.74. The van der Waals surface area contributed by atoms with E-state index in [2.05, 4.69) is 4.98 Å². The molecule has 0 bridgehead atoms. The molecule has 0 spiro atoms. The van der Waals surface area contributed by atoms with Crippen molar-refractivity contribution in [3.8, 4) is 6.07 Å². The zero-order valence-corrected chi connectivity index (χ0v) is 8.07. The number of carbonyl (C=O) groups excluding carboxylic acids is 1. The van der Waals surface area contributed by atoms with Crippen molar-refractivity contribution in [3.63, 3.8) is 0 Å². The lowest BCUT2D eigenvalue weighted by Crippen LogP contribution is -2.10. The summed E-state index contributed by atoms with van der Waals surface area (Å²) in [5, 5.41) is 8.77. The van der Waals surface area contributed by atoms with Gasteiger partial charge >= 0.3 is 5.97 Å². The number of nitriles is 1. The first-order chi connectivity index (χ1) is 6.70. The maximum atomic E-state index is 11.4. The first-order valence-corrected chi connectivity index (χ1v) is 4.23. The van der Waals surface area contributed by atoms with Crippen LogP contribution in [0.25, 0.3) is 0 Å². The summed E-state index contributed by atoms with van der Waals surface area (Å²) in [6, 6.07) is 3.43. The predicted molar refractivity (Wildman–Crippen MR) is 49.6 cm³/mol. The smallest absolute Gasteiger partial charge is 0.341 e. The Hall–Kier alpha value is -1.89. The summed E-state index contributed by atoms with van der Waals surface area (Å²) in [5.74, 6) is -0.491. The Kier molecular flexibility index (Phi) is 3.19. The van der Waals surface area contributed by atoms with Gasteiger partial charge in [0.25, 0.3) is 0 Å². The number of ether oxygens (including phenoxy) is 1. The normalized spacial score (nSPS) is 9.21. The van der Waals surface area contributed by atoms with Crippen molar-refractivity contribution in [3.05, 3.63) is 29.1 Å². The Balaban J connectivity index is 3.18. The molecule has 0 aromatic carbocycles. The average molecular weight is 190 g/mol. The number of nitrogens with zero attached hydrogens (tertiary/aromatic N) is 2. The fourth-order valence-corrected chi connectivity index (χ4v) is 1.12. The van der Waals surface area contributed by atoms with Gasteiger partial charge in [-0.1, -0.05) is 0 Å². The molecule has 1 aromatic heterocycles. The highest BCUT2D eigenvalue weighted by Gasteiger charge is 2.15. The van der Waals surface area contributed by atoms with Gasteiger partial charge in [0.15, 0.2) is 0 Å². The maximum Gasteiger partial charge on any atom is 0.341 e. The van der Waals surface area contributed by atoms with E-state index in [1.807, 2.05) is 6.07 Å². The maximum absolute atomic E-state index is 11.4. The molecule has 0 radical (unpaired) electrons. The summed E-state index contributed by atoms with van der Waals surface area (Å²) >= 11 is 0. The van der Waals surface area contributed by atoms with Crippen molar-refractivity contribution < 1.29 is 9.53 Å². The van der Waals surface area contributed by atoms with Gasteiger partial charge in [-0.3, -0.25) is 4.98 Å². The minimum absolute atomic E-state index is 0.261. The van der Waals surface area contributed by atoms with Crippen molar-refractivity contribution in [2.45, 2.75) is 13.8 Å². The number of aryl methyl sites for hydroxylation is 1. The van der Waals surface area contributed by atoms with Crippen LogP contribution in [-0.4, -0.2) is 17.6 Å². The molecule has 0 unspecified atom stereocenters. The molecule has 4 heteroatoms. The fourth-order valence-electron chi connectivity index (χ4n) is 1.12. The van der Waals surface area contributed by atoms with E-state index in [1.54, 1.807) is 13.8 Å². The average Bonchev–Trinajstić information content (AvgIpc) is 2.17. The molecule has 4 nitrogen and oxygen atoms in total. The molecule has 0 fully saturated rings. The summed E-state index contributed by atoms with van der Waals surface area (Å²) < 4.78 is 4.82. The highest BCUT2D eigenvalue weighted by atomic mass is 16.5. The van der Waals surface area contributed by atoms with Crippen LogP contribution < -0.4 is 0 Å². The van der Waals surface area contributed by atoms with Crippen LogP contribution in [0.15, 0.2) is 12.3 Å². The van der Waals surface area contributed by atoms with Crippen LogP contribution in [0.4, 0.5) is 0 Å². The van der Waals surface area contributed by atoms with Gasteiger partial charge in [-0.15, -0.1) is 0 Å². The Labute approximate surface area is 82.1 Å². The molecule has 14 heavy (non-hydrogen) atoms. The fraction of sp³-hybridized carbons (Fsp3) is 0.300. The molecule has 0 aliphatic heterocycles. The molecule has 0 amide bonds. The highest BCUT2D eigenvalue weighted by Crippen LogP contribution is 2.12. The minimum Gasteiger partial charge on any atom is -0.462 e. The monoisotopic (exact) mass is 190 g/mol. The van der Waals surface area contributed by atoms with Crippen LogP contribution in [-0.2, 0) is 4.74 Å². The Bertz CT molecular complexity index is 394. The van der Waals surface area contributed by atoms with Gasteiger partial charge in [0, 0.05) is 6.20 Å². The zero-order chi connectivity index (χ0) is 10.6. The van der Waals surface area contributed by atoms with Crippen molar-refractivity contribution >= 4 is 5.97 Å². The third kappa shape index (κ3) is 1.88. The molecule has 0 atom stereocenters. The van der Waals surface area contributed by atoms with E-state index in [0.29, 0.717) is 11.3 Å². The topological polar surface area (TPSA) is 63.0 Å². The standard InChI is InChI=1S/C10H10N2O2/c1-3-14-10(13)9-7(2)12-5-4-8(9)6-11/h4-5H,3H2,1-2H3. The zero-order valence-electron chi connectivity index (χ0n) is 8.07. The first kappa shape index (κ1) is 10.2. The van der Waals surface area contributed by atoms with E-state index in [-0.39, 0.29) is 12.2 Å². The van der Waals surface area contributed by atoms with E-state index >= 15 is 0 Å². The van der Waals surface area contributed by atoms with Crippen molar-refractivity contribution in [2.24, 2.45) is 0 Å². The SMILES string of the molecule is CCOC(=O)c1c(C#N)ccnc1C. The Morgan fingerprint density at radius 2 is 2.43 bits per heavy atom. The van der Waals surface area contributed by atoms with Gasteiger partial charge in [-0.25, -0.2) is 4.79 Å². The molecule has 0 saturated carbocycles. The Morgan fingerprint density at radius 3 is 3.00 bits per heavy atom. The minimum atomic E-state index is -0.491. The second-order valence-electron chi connectivity index (χ2n) is 2.65. The molecular weight excluding hydrogens is 180 g/mol. The molecule has 0 N–H and O–H groups in total. The van der Waals surface area contributed by atoms with Crippen molar-refractivity contribution in [1.82, 2.24) is 4.98 Å². The number of hydrogen-bond acceptors (Lipinski definition) is 4. The summed E-state index contributed by atoms with van der Waals surface area (Å²) in [5.41, 5.74) is 1.08. The molecule has 1 heterocycles. The van der Waals surface area contributed by atoms with Crippen LogP contribution in [0, 0.1) is 18.3 Å². The van der Waals surface area contributed by atoms with Crippen LogP contribution in [0.5, 0.6) is 0 Å². The van der Waals surface area contributed by atoms with Gasteiger partial charge in [-0.05, 0) is 19.9 Å². The molecular formula is C10H10N2O2. The van der Waals surface area contributed by atoms with Gasteiger partial charge in [0.1, 0.15) is 6.07 Å². The molecule has 0 saturated heterocycles. The lowest BCUT2D eigenvalue weighted by Gasteiger charge is -2.05.